The number of nitrogens with zero attached hydrogens (tertiary/aromatic N) is 11. The second-order valence-electron chi connectivity index (χ2n) is 20.6. The van der Waals surface area contributed by atoms with Crippen LogP contribution in [-0.2, 0) is 0 Å². The molecule has 4 aliphatic heterocycles. The van der Waals surface area contributed by atoms with E-state index in [9.17, 15) is 0 Å². The molecule has 4 heterocycles. The summed E-state index contributed by atoms with van der Waals surface area (Å²) in [6.45, 7) is 0. The van der Waals surface area contributed by atoms with Crippen LogP contribution in [0.5, 0.6) is 0 Å². The number of fused-ring (bicyclic) bond motifs is 8. The summed E-state index contributed by atoms with van der Waals surface area (Å²) < 4.78 is 13.3. The Labute approximate surface area is 527 Å². The molecule has 0 fully saturated rings. The zero-order valence-corrected chi connectivity index (χ0v) is 55.7. The van der Waals surface area contributed by atoms with Crippen LogP contribution in [0.4, 0.5) is 22.7 Å². The third-order valence-electron chi connectivity index (χ3n) is 13.3. The first kappa shape index (κ1) is 67.2. The lowest BCUT2D eigenvalue weighted by Gasteiger charge is -2.13. The molecule has 4 aromatic carbocycles. The molecular formula is C63H70Cl4N12S4. The van der Waals surface area contributed by atoms with Crippen LogP contribution in [0.2, 0.25) is 0 Å². The number of benzene rings is 8. The average molecular weight is 1260 g/mol. The van der Waals surface area contributed by atoms with Crippen molar-refractivity contribution in [3.05, 3.63) is 167 Å². The van der Waals surface area contributed by atoms with Crippen molar-refractivity contribution in [2.45, 2.75) is 0 Å². The molecule has 0 spiro atoms. The molecule has 12 nitrogen and oxygen atoms in total. The quantitative estimate of drug-likeness (QED) is 0.160. The Balaban J connectivity index is 0.000000199. The van der Waals surface area contributed by atoms with E-state index in [1.54, 1.807) is 45.3 Å². The van der Waals surface area contributed by atoms with Crippen LogP contribution in [0.1, 0.15) is 0 Å². The minimum absolute atomic E-state index is 0. The topological polar surface area (TPSA) is 85.3 Å². The Morgan fingerprint density at radius 3 is 0.783 bits per heavy atom. The lowest BCUT2D eigenvalue weighted by atomic mass is 10.2. The summed E-state index contributed by atoms with van der Waals surface area (Å²) in [5, 5.41) is 7.99. The van der Waals surface area contributed by atoms with Gasteiger partial charge in [0.25, 0.3) is 0 Å². The van der Waals surface area contributed by atoms with Crippen molar-refractivity contribution >= 4 is 109 Å². The zero-order valence-electron chi connectivity index (χ0n) is 49.4. The van der Waals surface area contributed by atoms with E-state index in [1.165, 1.54) is 76.8 Å². The number of aromatic nitrogens is 4. The summed E-state index contributed by atoms with van der Waals surface area (Å²) in [4.78, 5) is 30.2. The van der Waals surface area contributed by atoms with Crippen molar-refractivity contribution in [2.75, 3.05) is 126 Å². The number of hydrogen-bond donors (Lipinski definition) is 1. The highest BCUT2D eigenvalue weighted by Gasteiger charge is 2.14. The molecule has 0 saturated carbocycles. The molecule has 0 radical (unpaired) electrons. The number of rotatable bonds is 4. The SMILES string of the molecule is CN([11CH3])c1ccc2nc3ccc(=[N+](C)C)cc-3sc2c1.C[N+](C)=c1ccc2nc3ccc(N([11CH3])[11CH3])cc3sc-2c1.C[N+](C)=c1ccc2nc3ccc(N[11CH3])cc3sc-2c1.[11CH3]N([11CH3])c1ccc2nc3ccc(=[N+]([11CH3])[11CH3])cc-3sc2c1.[Cl-].[Cl-].[Cl-].[Cl-]. The first-order chi connectivity index (χ1) is 37.8. The van der Waals surface area contributed by atoms with Crippen LogP contribution in [-0.4, -0.2) is 126 Å². The molecule has 0 unspecified atom stereocenters. The third-order valence-corrected chi connectivity index (χ3v) is 17.7. The smallest absolute Gasteiger partial charge is 0.201 e. The molecule has 1 N–H and O–H groups in total. The summed E-state index contributed by atoms with van der Waals surface area (Å²) in [6, 6.07) is 51.1. The minimum atomic E-state index is 0. The lowest BCUT2D eigenvalue weighted by Crippen LogP contribution is -3.00. The van der Waals surface area contributed by atoms with Gasteiger partial charge in [0.05, 0.1) is 83.2 Å². The molecule has 8 aliphatic rings. The van der Waals surface area contributed by atoms with Crippen molar-refractivity contribution < 1.29 is 49.6 Å². The Morgan fingerprint density at radius 2 is 0.554 bits per heavy atom. The predicted octanol–water partition coefficient (Wildman–Crippen LogP) is -2.01. The highest BCUT2D eigenvalue weighted by atomic mass is 35.5. The van der Waals surface area contributed by atoms with Crippen LogP contribution in [0, 0.1) is 0 Å². The zero-order chi connectivity index (χ0) is 56.2. The predicted molar refractivity (Wildman–Crippen MR) is 346 cm³/mol. The van der Waals surface area contributed by atoms with Gasteiger partial charge in [0.15, 0.2) is 0 Å². The Bertz CT molecular complexity index is 4030. The fraction of sp³-hybridized carbons (Fsp3) is 0.238. The van der Waals surface area contributed by atoms with Crippen molar-refractivity contribution in [2.24, 2.45) is 0 Å². The molecule has 0 amide bonds. The summed E-state index contributed by atoms with van der Waals surface area (Å²) in [5.74, 6) is 0. The van der Waals surface area contributed by atoms with Crippen LogP contribution in [0.25, 0.3) is 83.2 Å². The van der Waals surface area contributed by atoms with Gasteiger partial charge in [-0.2, -0.15) is 0 Å². The number of anilines is 4. The molecular weight excluding hydrogens is 1190 g/mol. The van der Waals surface area contributed by atoms with E-state index in [-0.39, 0.29) is 49.6 Å². The minimum Gasteiger partial charge on any atom is -1.00 e. The fourth-order valence-electron chi connectivity index (χ4n) is 8.52. The Kier molecular flexibility index (Phi) is 23.7. The van der Waals surface area contributed by atoms with E-state index in [2.05, 4.69) is 283 Å². The van der Waals surface area contributed by atoms with Gasteiger partial charge in [0.1, 0.15) is 56.4 Å². The molecule has 4 aliphatic carbocycles. The van der Waals surface area contributed by atoms with E-state index < -0.39 is 0 Å². The van der Waals surface area contributed by atoms with Crippen LogP contribution in [0.3, 0.4) is 0 Å². The maximum atomic E-state index is 4.75. The van der Waals surface area contributed by atoms with Gasteiger partial charge in [-0.15, -0.1) is 45.3 Å². The van der Waals surface area contributed by atoms with Gasteiger partial charge in [-0.05, 0) is 97.1 Å². The van der Waals surface area contributed by atoms with Crippen molar-refractivity contribution in [3.8, 4) is 42.3 Å². The molecule has 20 heteroatoms. The lowest BCUT2D eigenvalue weighted by molar-refractivity contribution is -0.00100. The maximum Gasteiger partial charge on any atom is 0.201 e. The molecule has 4 aromatic rings. The normalized spacial score (nSPS) is 10.4. The maximum absolute atomic E-state index is 4.75. The Hall–Kier alpha value is -6.60. The Morgan fingerprint density at radius 1 is 0.313 bits per heavy atom. The summed E-state index contributed by atoms with van der Waals surface area (Å²) in [5.41, 5.74) is 13.2. The number of nitrogens with one attached hydrogen (secondary N) is 1. The summed E-state index contributed by atoms with van der Waals surface area (Å²) >= 11 is 7.18. The summed E-state index contributed by atoms with van der Waals surface area (Å²) in [6.07, 6.45) is 0. The van der Waals surface area contributed by atoms with E-state index in [0.29, 0.717) is 0 Å². The largest absolute Gasteiger partial charge is 1.00 e. The van der Waals surface area contributed by atoms with Crippen LogP contribution < -0.4 is 109 Å². The first-order valence-corrected chi connectivity index (χ1v) is 29.2. The monoisotopic (exact) mass is 1250 g/mol. The van der Waals surface area contributed by atoms with Crippen LogP contribution >= 0.6 is 45.3 Å². The molecule has 0 atom stereocenters. The second kappa shape index (κ2) is 29.3. The fourth-order valence-corrected chi connectivity index (χ4v) is 12.7. The number of hydrogen-bond acceptors (Lipinski definition) is 12. The van der Waals surface area contributed by atoms with Crippen molar-refractivity contribution in [3.63, 3.8) is 0 Å². The van der Waals surface area contributed by atoms with E-state index in [1.807, 2.05) is 7.05 Å². The van der Waals surface area contributed by atoms with Gasteiger partial charge in [0, 0.05) is 121 Å². The second-order valence-corrected chi connectivity index (χ2v) is 24.9. The molecule has 434 valence electrons. The molecule has 12 rings (SSSR count). The van der Waals surface area contributed by atoms with Gasteiger partial charge in [0.2, 0.25) is 21.4 Å². The van der Waals surface area contributed by atoms with Crippen molar-refractivity contribution in [1.82, 2.24) is 38.2 Å². The van der Waals surface area contributed by atoms with E-state index in [4.69, 9.17) is 19.9 Å². The summed E-state index contributed by atoms with van der Waals surface area (Å²) in [7, 11) is 30.8. The van der Waals surface area contributed by atoms with Gasteiger partial charge < -0.3 is 69.6 Å². The highest BCUT2D eigenvalue weighted by molar-refractivity contribution is 7.22. The number of halogens is 4. The van der Waals surface area contributed by atoms with E-state index in [0.717, 1.165) is 50.5 Å². The molecule has 0 saturated heterocycles. The molecule has 83 heavy (non-hydrogen) atoms. The molecule has 0 bridgehead atoms. The molecule has 0 aromatic heterocycles. The van der Waals surface area contributed by atoms with Gasteiger partial charge >= 0.3 is 0 Å². The van der Waals surface area contributed by atoms with Gasteiger partial charge in [-0.1, -0.05) is 0 Å². The van der Waals surface area contributed by atoms with Gasteiger partial charge in [-0.3, -0.25) is 0 Å². The van der Waals surface area contributed by atoms with E-state index >= 15 is 0 Å². The standard InChI is InChI=1S/3C16H18N3S.C15H15N3S.4ClH/c3*1-18(2)11-5-7-13-15(9-11)20-16-10-12(19(3)4)6-8-14(16)17-13;1-16-10-4-6-12-14(8-10)19-15-9-11(18(2)3)5-7-13(15)17-12;;;;/h3*5-10H,1-4H3;4-9H,1-3H3;4*1H/q3*+1;;;;;/p-3/i1-1,2-1,3-1,4-1;1-1,2-1;2*1-1;;;;. The highest BCUT2D eigenvalue weighted by Crippen LogP contribution is 2.35. The van der Waals surface area contributed by atoms with Crippen molar-refractivity contribution in [1.29, 1.82) is 0 Å². The first-order valence-electron chi connectivity index (χ1n) is 25.9. The van der Waals surface area contributed by atoms with Crippen LogP contribution in [0.15, 0.2) is 146 Å². The average Bonchev–Trinajstić information content (AvgIpc) is 3.50. The van der Waals surface area contributed by atoms with Gasteiger partial charge in [-0.25, -0.2) is 38.2 Å². The third kappa shape index (κ3) is 16.0.